The van der Waals surface area contributed by atoms with Crippen molar-refractivity contribution in [1.29, 1.82) is 0 Å². The summed E-state index contributed by atoms with van der Waals surface area (Å²) in [6, 6.07) is 1.67. The van der Waals surface area contributed by atoms with Crippen molar-refractivity contribution in [2.75, 3.05) is 5.73 Å². The van der Waals surface area contributed by atoms with Crippen LogP contribution in [0.1, 0.15) is 32.2 Å². The molecule has 0 spiro atoms. The molecular formula is C18H20FN7O6. The molecule has 32 heavy (non-hydrogen) atoms. The van der Waals surface area contributed by atoms with Gasteiger partial charge in [-0.1, -0.05) is 6.92 Å². The molecule has 3 aromatic rings. The average molecular weight is 449 g/mol. The minimum Gasteiger partial charge on any atom is -0.454 e. The van der Waals surface area contributed by atoms with E-state index in [0.29, 0.717) is 5.69 Å². The van der Waals surface area contributed by atoms with Gasteiger partial charge in [-0.05, 0) is 6.07 Å². The first-order chi connectivity index (χ1) is 15.3. The Kier molecular flexibility index (Phi) is 5.61. The van der Waals surface area contributed by atoms with Gasteiger partial charge in [-0.3, -0.25) is 19.3 Å². The summed E-state index contributed by atoms with van der Waals surface area (Å²) < 4.78 is 33.0. The number of carbonyl (C=O) groups excluding carboxylic acids is 2. The fourth-order valence-corrected chi connectivity index (χ4v) is 3.43. The van der Waals surface area contributed by atoms with Gasteiger partial charge >= 0.3 is 17.6 Å². The lowest BCUT2D eigenvalue weighted by atomic mass is 10.2. The number of alkyl halides is 1. The third-order valence-corrected chi connectivity index (χ3v) is 4.83. The van der Waals surface area contributed by atoms with Crippen LogP contribution in [0.2, 0.25) is 0 Å². The molecule has 3 aromatic heterocycles. The Labute approximate surface area is 179 Å². The van der Waals surface area contributed by atoms with Crippen molar-refractivity contribution in [3.05, 3.63) is 34.6 Å². The summed E-state index contributed by atoms with van der Waals surface area (Å²) in [6.45, 7) is 2.67. The smallest absolute Gasteiger partial charge is 0.333 e. The summed E-state index contributed by atoms with van der Waals surface area (Å²) in [4.78, 5) is 44.7. The predicted octanol–water partition coefficient (Wildman–Crippen LogP) is 0.0245. The number of halogens is 1. The first-order valence-electron chi connectivity index (χ1n) is 9.67. The van der Waals surface area contributed by atoms with Gasteiger partial charge in [0.05, 0.1) is 18.4 Å². The van der Waals surface area contributed by atoms with Crippen LogP contribution in [0.3, 0.4) is 0 Å². The quantitative estimate of drug-likeness (QED) is 0.489. The number of rotatable bonds is 6. The van der Waals surface area contributed by atoms with Crippen LogP contribution in [0.25, 0.3) is 11.2 Å². The van der Waals surface area contributed by atoms with Gasteiger partial charge in [0.25, 0.3) is 0 Å². The number of fused-ring (bicyclic) bond motifs is 1. The van der Waals surface area contributed by atoms with Crippen LogP contribution < -0.4 is 11.4 Å². The Hall–Kier alpha value is -3.81. The van der Waals surface area contributed by atoms with Crippen LogP contribution in [-0.4, -0.2) is 59.8 Å². The fraction of sp³-hybridized carbons (Fsp3) is 0.444. The van der Waals surface area contributed by atoms with Gasteiger partial charge in [-0.25, -0.2) is 18.7 Å². The van der Waals surface area contributed by atoms with E-state index in [1.165, 1.54) is 23.9 Å². The number of nitrogens with two attached hydrogens (primary N) is 1. The highest BCUT2D eigenvalue weighted by Gasteiger charge is 2.51. The maximum Gasteiger partial charge on any atom is 0.333 e. The van der Waals surface area contributed by atoms with Crippen LogP contribution in [0.4, 0.5) is 10.3 Å². The van der Waals surface area contributed by atoms with E-state index in [0.717, 1.165) is 11.5 Å². The maximum atomic E-state index is 15.1. The lowest BCUT2D eigenvalue weighted by Gasteiger charge is -2.19. The van der Waals surface area contributed by atoms with Gasteiger partial charge in [0.1, 0.15) is 5.52 Å². The summed E-state index contributed by atoms with van der Waals surface area (Å²) >= 11 is 0. The molecule has 13 nitrogen and oxygen atoms in total. The molecule has 170 valence electrons. The number of imidazole rings is 1. The molecule has 4 atom stereocenters. The molecule has 0 aliphatic carbocycles. The molecular weight excluding hydrogens is 429 g/mol. The topological polar surface area (TPSA) is 169 Å². The summed E-state index contributed by atoms with van der Waals surface area (Å²) in [5.74, 6) is -1.67. The van der Waals surface area contributed by atoms with Crippen molar-refractivity contribution >= 4 is 29.1 Å². The molecule has 1 fully saturated rings. The number of H-pyrrole nitrogens is 1. The van der Waals surface area contributed by atoms with Crippen molar-refractivity contribution in [2.45, 2.75) is 51.6 Å². The van der Waals surface area contributed by atoms with Crippen LogP contribution in [-0.2, 0) is 30.3 Å². The predicted molar refractivity (Wildman–Crippen MR) is 105 cm³/mol. The first-order valence-corrected chi connectivity index (χ1v) is 9.67. The summed E-state index contributed by atoms with van der Waals surface area (Å²) in [6.07, 6.45) is -3.96. The molecule has 0 amide bonds. The van der Waals surface area contributed by atoms with Crippen molar-refractivity contribution in [3.8, 4) is 0 Å². The fourth-order valence-electron chi connectivity index (χ4n) is 3.43. The molecule has 0 radical (unpaired) electrons. The van der Waals surface area contributed by atoms with E-state index >= 15 is 4.39 Å². The summed E-state index contributed by atoms with van der Waals surface area (Å²) in [7, 11) is 0. The van der Waals surface area contributed by atoms with Gasteiger partial charge in [0, 0.05) is 19.5 Å². The van der Waals surface area contributed by atoms with E-state index in [1.54, 1.807) is 6.07 Å². The minimum absolute atomic E-state index is 0.0251. The number of esters is 2. The molecule has 0 saturated carbocycles. The zero-order chi connectivity index (χ0) is 23.0. The van der Waals surface area contributed by atoms with E-state index in [9.17, 15) is 14.4 Å². The second-order valence-electron chi connectivity index (χ2n) is 7.01. The number of ether oxygens (including phenoxy) is 3. The second-order valence-corrected chi connectivity index (χ2v) is 7.01. The molecule has 14 heteroatoms. The van der Waals surface area contributed by atoms with E-state index in [1.807, 2.05) is 0 Å². The van der Waals surface area contributed by atoms with Gasteiger partial charge in [0.15, 0.2) is 18.0 Å². The minimum atomic E-state index is -2.04. The highest BCUT2D eigenvalue weighted by Crippen LogP contribution is 2.35. The van der Waals surface area contributed by atoms with Gasteiger partial charge in [0.2, 0.25) is 18.4 Å². The van der Waals surface area contributed by atoms with Gasteiger partial charge in [-0.15, -0.1) is 0 Å². The second kappa shape index (κ2) is 8.37. The molecule has 4 heterocycles. The van der Waals surface area contributed by atoms with Crippen molar-refractivity contribution in [2.24, 2.45) is 0 Å². The highest BCUT2D eigenvalue weighted by atomic mass is 19.1. The third kappa shape index (κ3) is 3.79. The number of hydrogen-bond donors (Lipinski definition) is 2. The molecule has 0 aromatic carbocycles. The molecule has 1 aliphatic heterocycles. The number of carbonyl (C=O) groups is 2. The van der Waals surface area contributed by atoms with E-state index in [4.69, 9.17) is 19.9 Å². The van der Waals surface area contributed by atoms with Crippen LogP contribution >= 0.6 is 0 Å². The maximum absolute atomic E-state index is 15.1. The molecule has 1 saturated heterocycles. The SMILES string of the molecule is CCC(=O)O[C@H]1O[C@@H](n2c(=O)n(Cc3ccn[nH]3)c3cnc(N)nc32)[C@H](OC(C)=O)[C@H]1F. The number of nitrogens with one attached hydrogen (secondary N) is 1. The number of aromatic amines is 1. The monoisotopic (exact) mass is 449 g/mol. The number of anilines is 1. The normalized spacial score (nSPS) is 22.8. The summed E-state index contributed by atoms with van der Waals surface area (Å²) in [5, 5.41) is 6.59. The highest BCUT2D eigenvalue weighted by molar-refractivity contribution is 5.72. The van der Waals surface area contributed by atoms with Gasteiger partial charge < -0.3 is 19.9 Å². The molecule has 3 N–H and O–H groups in total. The van der Waals surface area contributed by atoms with Crippen LogP contribution in [0.5, 0.6) is 0 Å². The standard InChI is InChI=1S/C18H20FN7O6/c1-3-11(28)31-16-12(19)13(30-8(2)27)15(32-16)26-14-10(6-21-17(20)23-14)25(18(26)29)7-9-4-5-22-24-9/h4-6,12-13,15-16H,3,7H2,1-2H3,(H,22,24)(H2,20,21,23)/t12-,13-,15-,16+/m1/s1. The largest absolute Gasteiger partial charge is 0.454 e. The number of nitrogens with zero attached hydrogens (tertiary/aromatic N) is 5. The Morgan fingerprint density at radius 3 is 2.81 bits per heavy atom. The molecule has 1 aliphatic rings. The molecule has 0 unspecified atom stereocenters. The molecule has 0 bridgehead atoms. The molecule has 4 rings (SSSR count). The zero-order valence-electron chi connectivity index (χ0n) is 17.1. The van der Waals surface area contributed by atoms with Gasteiger partial charge in [-0.2, -0.15) is 10.1 Å². The number of hydrogen-bond acceptors (Lipinski definition) is 10. The Morgan fingerprint density at radius 2 is 2.16 bits per heavy atom. The lowest BCUT2D eigenvalue weighted by Crippen LogP contribution is -2.37. The average Bonchev–Trinajstić information content (AvgIpc) is 3.42. The zero-order valence-corrected chi connectivity index (χ0v) is 17.1. The Bertz CT molecular complexity index is 1210. The Balaban J connectivity index is 1.83. The van der Waals surface area contributed by atoms with Crippen molar-refractivity contribution < 1.29 is 28.2 Å². The third-order valence-electron chi connectivity index (χ3n) is 4.83. The first kappa shape index (κ1) is 21.4. The van der Waals surface area contributed by atoms with E-state index in [2.05, 4.69) is 20.2 Å². The van der Waals surface area contributed by atoms with Crippen LogP contribution in [0.15, 0.2) is 23.3 Å². The van der Waals surface area contributed by atoms with E-state index in [-0.39, 0.29) is 30.1 Å². The summed E-state index contributed by atoms with van der Waals surface area (Å²) in [5.41, 5.74) is 5.95. The Morgan fingerprint density at radius 1 is 1.38 bits per heavy atom. The van der Waals surface area contributed by atoms with Crippen molar-refractivity contribution in [3.63, 3.8) is 0 Å². The van der Waals surface area contributed by atoms with E-state index < -0.39 is 42.4 Å². The lowest BCUT2D eigenvalue weighted by molar-refractivity contribution is -0.188. The number of aromatic nitrogens is 6. The van der Waals surface area contributed by atoms with Crippen molar-refractivity contribution in [1.82, 2.24) is 29.3 Å². The van der Waals surface area contributed by atoms with Crippen LogP contribution in [0, 0.1) is 0 Å². The number of nitrogen functional groups attached to an aromatic ring is 1.